The van der Waals surface area contributed by atoms with Crippen LogP contribution in [0.15, 0.2) is 36.4 Å². The number of carboxylic acid groups (broad SMARTS) is 1. The molecule has 1 aliphatic carbocycles. The van der Waals surface area contributed by atoms with E-state index in [-0.39, 0.29) is 16.9 Å². The highest BCUT2D eigenvalue weighted by molar-refractivity contribution is 6.30. The van der Waals surface area contributed by atoms with E-state index in [4.69, 9.17) is 16.3 Å². The van der Waals surface area contributed by atoms with Gasteiger partial charge in [0, 0.05) is 37.1 Å². The Balaban J connectivity index is 1.59. The third-order valence-electron chi connectivity index (χ3n) is 9.35. The number of carboxylic acids is 1. The van der Waals surface area contributed by atoms with Gasteiger partial charge in [0.2, 0.25) is 5.91 Å². The van der Waals surface area contributed by atoms with Crippen molar-refractivity contribution >= 4 is 29.2 Å². The Bertz CT molecular complexity index is 1270. The summed E-state index contributed by atoms with van der Waals surface area (Å²) < 4.78 is 6.51. The molecule has 0 saturated heterocycles. The largest absolute Gasteiger partial charge is 0.490 e. The summed E-state index contributed by atoms with van der Waals surface area (Å²) in [6.07, 6.45) is 9.21. The first-order valence-corrected chi connectivity index (χ1v) is 15.1. The highest BCUT2D eigenvalue weighted by Gasteiger charge is 2.49. The van der Waals surface area contributed by atoms with Crippen LogP contribution in [-0.2, 0) is 27.0 Å². The van der Waals surface area contributed by atoms with Crippen molar-refractivity contribution in [1.82, 2.24) is 4.90 Å². The van der Waals surface area contributed by atoms with E-state index < -0.39 is 17.5 Å². The summed E-state index contributed by atoms with van der Waals surface area (Å²) in [6.45, 7) is 4.08. The smallest absolute Gasteiger partial charge is 0.341 e. The fraction of sp³-hybridized carbons (Fsp3) is 0.562. The lowest BCUT2D eigenvalue weighted by Crippen LogP contribution is -2.49. The lowest BCUT2D eigenvalue weighted by molar-refractivity contribution is -0.172. The number of carbonyl (C=O) groups is 2. The molecule has 0 aromatic heterocycles. The Kier molecular flexibility index (Phi) is 8.35. The average Bonchev–Trinajstić information content (AvgIpc) is 3.09. The molecular weight excluding hydrogens is 528 g/mol. The number of hydrogen-bond acceptors (Lipinski definition) is 5. The van der Waals surface area contributed by atoms with E-state index in [9.17, 15) is 19.8 Å². The normalized spacial score (nSPS) is 28.0. The molecule has 216 valence electrons. The zero-order valence-electron chi connectivity index (χ0n) is 23.6. The molecule has 2 aromatic rings. The molecule has 40 heavy (non-hydrogen) atoms. The van der Waals surface area contributed by atoms with Gasteiger partial charge in [-0.1, -0.05) is 49.4 Å². The highest BCUT2D eigenvalue weighted by Crippen LogP contribution is 2.46. The molecule has 3 aliphatic rings. The molecule has 3 atom stereocenters. The van der Waals surface area contributed by atoms with Crippen LogP contribution in [0.4, 0.5) is 5.69 Å². The molecular formula is C32H41ClN2O5. The number of benzene rings is 2. The first-order valence-electron chi connectivity index (χ1n) is 14.7. The van der Waals surface area contributed by atoms with E-state index in [1.807, 2.05) is 6.07 Å². The monoisotopic (exact) mass is 568 g/mol. The van der Waals surface area contributed by atoms with Crippen molar-refractivity contribution in [1.29, 1.82) is 0 Å². The predicted octanol–water partition coefficient (Wildman–Crippen LogP) is 5.53. The molecule has 8 heteroatoms. The van der Waals surface area contributed by atoms with Gasteiger partial charge in [-0.3, -0.25) is 4.79 Å². The van der Waals surface area contributed by atoms with Crippen molar-refractivity contribution in [3.8, 4) is 5.75 Å². The zero-order valence-corrected chi connectivity index (χ0v) is 24.4. The standard InChI is InChI=1S/C32H41ClN2O5/c1-22-29(36)34(2)16-7-5-3-4-6-8-17-35-20-31(15-9-10-23-18-25(33)12-13-26(23)31)21-40-28-14-11-24(19-27(28)35)32(22,39)30(37)38/h11-14,18-19,22,39H,3-10,15-17,20-21H2,1-2H3,(H,37,38)/t22-,31-,32+/m0/s1. The second kappa shape index (κ2) is 11.6. The molecule has 1 amide bonds. The van der Waals surface area contributed by atoms with Gasteiger partial charge in [-0.15, -0.1) is 0 Å². The minimum Gasteiger partial charge on any atom is -0.490 e. The van der Waals surface area contributed by atoms with Crippen molar-refractivity contribution in [2.45, 2.75) is 75.7 Å². The SMILES string of the molecule is C[C@H]1C(=O)N(C)CCCCCCCCN2C[C@@]3(CCCc4cc(Cl)ccc43)COc3ccc(cc32)[C@@]1(O)C(=O)O. The van der Waals surface area contributed by atoms with Crippen molar-refractivity contribution in [2.75, 3.05) is 38.2 Å². The molecule has 2 aliphatic heterocycles. The number of rotatable bonds is 1. The van der Waals surface area contributed by atoms with Crippen LogP contribution in [-0.4, -0.2) is 60.3 Å². The summed E-state index contributed by atoms with van der Waals surface area (Å²) in [5.41, 5.74) is 0.901. The molecule has 2 N–H and O–H groups in total. The number of carbonyl (C=O) groups excluding carboxylic acids is 1. The lowest BCUT2D eigenvalue weighted by atomic mass is 9.70. The molecule has 7 nitrogen and oxygen atoms in total. The second-order valence-corrected chi connectivity index (χ2v) is 12.4. The first-order chi connectivity index (χ1) is 19.2. The van der Waals surface area contributed by atoms with E-state index in [0.717, 1.165) is 81.6 Å². The van der Waals surface area contributed by atoms with Crippen molar-refractivity contribution in [3.63, 3.8) is 0 Å². The molecule has 0 saturated carbocycles. The molecule has 0 fully saturated rings. The van der Waals surface area contributed by atoms with Crippen molar-refractivity contribution in [2.24, 2.45) is 5.92 Å². The maximum Gasteiger partial charge on any atom is 0.341 e. The number of amides is 1. The molecule has 0 unspecified atom stereocenters. The minimum atomic E-state index is -2.37. The van der Waals surface area contributed by atoms with Crippen LogP contribution >= 0.6 is 11.6 Å². The fourth-order valence-corrected chi connectivity index (χ4v) is 7.12. The Hall–Kier alpha value is -2.77. The van der Waals surface area contributed by atoms with E-state index >= 15 is 0 Å². The van der Waals surface area contributed by atoms with Crippen LogP contribution in [0.1, 0.15) is 75.0 Å². The summed E-state index contributed by atoms with van der Waals surface area (Å²) in [4.78, 5) is 29.8. The van der Waals surface area contributed by atoms with E-state index in [2.05, 4.69) is 17.0 Å². The topological polar surface area (TPSA) is 90.3 Å². The third kappa shape index (κ3) is 5.30. The number of nitrogens with zero attached hydrogens (tertiary/aromatic N) is 2. The van der Waals surface area contributed by atoms with Gasteiger partial charge in [-0.25, -0.2) is 4.79 Å². The molecule has 5 rings (SSSR count). The molecule has 0 radical (unpaired) electrons. The van der Waals surface area contributed by atoms with Gasteiger partial charge < -0.3 is 24.7 Å². The van der Waals surface area contributed by atoms with Gasteiger partial charge in [0.25, 0.3) is 0 Å². The Labute approximate surface area is 242 Å². The summed E-state index contributed by atoms with van der Waals surface area (Å²) in [7, 11) is 1.69. The van der Waals surface area contributed by atoms with Crippen LogP contribution in [0.25, 0.3) is 0 Å². The number of fused-ring (bicyclic) bond motifs is 3. The first kappa shape index (κ1) is 28.7. The number of aryl methyl sites for hydroxylation is 1. The molecule has 2 aromatic carbocycles. The van der Waals surface area contributed by atoms with Gasteiger partial charge in [0.1, 0.15) is 5.75 Å². The Morgan fingerprint density at radius 2 is 1.75 bits per heavy atom. The number of halogens is 1. The van der Waals surface area contributed by atoms with Gasteiger partial charge in [0.05, 0.1) is 18.2 Å². The summed E-state index contributed by atoms with van der Waals surface area (Å²) >= 11 is 6.36. The molecule has 2 bridgehead atoms. The van der Waals surface area contributed by atoms with Crippen LogP contribution in [0, 0.1) is 5.92 Å². The van der Waals surface area contributed by atoms with E-state index in [0.29, 0.717) is 18.9 Å². The van der Waals surface area contributed by atoms with Gasteiger partial charge in [-0.2, -0.15) is 0 Å². The number of anilines is 1. The van der Waals surface area contributed by atoms with E-state index in [1.54, 1.807) is 30.1 Å². The number of aliphatic hydroxyl groups is 1. The quantitative estimate of drug-likeness (QED) is 0.470. The van der Waals surface area contributed by atoms with Crippen LogP contribution in [0.5, 0.6) is 5.75 Å². The predicted molar refractivity (Wildman–Crippen MR) is 156 cm³/mol. The van der Waals surface area contributed by atoms with Gasteiger partial charge >= 0.3 is 5.97 Å². The zero-order chi connectivity index (χ0) is 28.5. The number of hydrogen-bond donors (Lipinski definition) is 2. The third-order valence-corrected chi connectivity index (χ3v) is 9.58. The van der Waals surface area contributed by atoms with Crippen molar-refractivity contribution < 1.29 is 24.5 Å². The van der Waals surface area contributed by atoms with E-state index in [1.165, 1.54) is 18.1 Å². The minimum absolute atomic E-state index is 0.195. The fourth-order valence-electron chi connectivity index (χ4n) is 6.92. The molecule has 2 heterocycles. The average molecular weight is 569 g/mol. The van der Waals surface area contributed by atoms with Crippen LogP contribution in [0.2, 0.25) is 5.02 Å². The van der Waals surface area contributed by atoms with Crippen LogP contribution in [0.3, 0.4) is 0 Å². The maximum atomic E-state index is 13.3. The maximum absolute atomic E-state index is 13.3. The van der Waals surface area contributed by atoms with Gasteiger partial charge in [0.15, 0.2) is 5.60 Å². The van der Waals surface area contributed by atoms with Crippen LogP contribution < -0.4 is 9.64 Å². The lowest BCUT2D eigenvalue weighted by Gasteiger charge is -2.41. The van der Waals surface area contributed by atoms with Gasteiger partial charge in [-0.05, 0) is 80.0 Å². The summed E-state index contributed by atoms with van der Waals surface area (Å²) in [5, 5.41) is 22.7. The summed E-state index contributed by atoms with van der Waals surface area (Å²) in [5.74, 6) is -2.30. The highest BCUT2D eigenvalue weighted by atomic mass is 35.5. The van der Waals surface area contributed by atoms with Crippen molar-refractivity contribution in [3.05, 3.63) is 58.1 Å². The number of aliphatic carboxylic acids is 1. The Morgan fingerprint density at radius 3 is 2.50 bits per heavy atom. The second-order valence-electron chi connectivity index (χ2n) is 12.0. The molecule has 1 spiro atoms. The summed E-state index contributed by atoms with van der Waals surface area (Å²) in [6, 6.07) is 11.3. The Morgan fingerprint density at radius 1 is 1.02 bits per heavy atom. The number of ether oxygens (including phenoxy) is 1.